The van der Waals surface area contributed by atoms with Crippen LogP contribution in [0.4, 0.5) is 10.2 Å². The number of nitrogens with zero attached hydrogens (tertiary/aromatic N) is 2. The Kier molecular flexibility index (Phi) is 3.44. The Balaban J connectivity index is 1.74. The van der Waals surface area contributed by atoms with Gasteiger partial charge < -0.3 is 10.6 Å². The van der Waals surface area contributed by atoms with Crippen molar-refractivity contribution < 1.29 is 4.39 Å². The molecule has 1 spiro atoms. The van der Waals surface area contributed by atoms with Crippen molar-refractivity contribution in [2.45, 2.75) is 45.1 Å². The number of pyridine rings is 1. The summed E-state index contributed by atoms with van der Waals surface area (Å²) in [4.78, 5) is 6.54. The third kappa shape index (κ3) is 2.46. The first-order valence-corrected chi connectivity index (χ1v) is 7.32. The lowest BCUT2D eigenvalue weighted by molar-refractivity contribution is 0.226. The van der Waals surface area contributed by atoms with Crippen LogP contribution in [0.1, 0.15) is 44.1 Å². The normalized spacial score (nSPS) is 22.1. The number of rotatable bonds is 2. The molecule has 1 aromatic rings. The molecule has 0 unspecified atom stereocenters. The average molecular weight is 263 g/mol. The molecule has 2 heterocycles. The second kappa shape index (κ2) is 5.08. The molecular weight excluding hydrogens is 241 g/mol. The van der Waals surface area contributed by atoms with E-state index in [1.165, 1.54) is 50.8 Å². The minimum Gasteiger partial charge on any atom is -0.356 e. The van der Waals surface area contributed by atoms with Crippen molar-refractivity contribution in [1.29, 1.82) is 0 Å². The lowest BCUT2D eigenvalue weighted by Crippen LogP contribution is -2.39. The fourth-order valence-electron chi connectivity index (χ4n) is 3.73. The van der Waals surface area contributed by atoms with Crippen LogP contribution in [0.2, 0.25) is 0 Å². The standard InChI is InChI=1S/C15H22FN3/c16-13-9-12(10-17)14(18-11-13)19-7-5-15(6-8-19)3-1-2-4-15/h9,11H,1-8,10,17H2. The molecule has 1 aliphatic carbocycles. The minimum atomic E-state index is -0.298. The topological polar surface area (TPSA) is 42.1 Å². The van der Waals surface area contributed by atoms with Gasteiger partial charge in [-0.2, -0.15) is 0 Å². The number of hydrogen-bond acceptors (Lipinski definition) is 3. The summed E-state index contributed by atoms with van der Waals surface area (Å²) >= 11 is 0. The monoisotopic (exact) mass is 263 g/mol. The van der Waals surface area contributed by atoms with Gasteiger partial charge in [-0.3, -0.25) is 0 Å². The zero-order valence-corrected chi connectivity index (χ0v) is 11.4. The first-order chi connectivity index (χ1) is 9.22. The maximum absolute atomic E-state index is 13.2. The summed E-state index contributed by atoms with van der Waals surface area (Å²) < 4.78 is 13.2. The molecule has 0 atom stereocenters. The van der Waals surface area contributed by atoms with Crippen LogP contribution in [0, 0.1) is 11.2 Å². The van der Waals surface area contributed by atoms with Crippen molar-refractivity contribution in [1.82, 2.24) is 4.98 Å². The maximum Gasteiger partial charge on any atom is 0.141 e. The number of hydrogen-bond donors (Lipinski definition) is 1. The number of aromatic nitrogens is 1. The van der Waals surface area contributed by atoms with E-state index >= 15 is 0 Å². The van der Waals surface area contributed by atoms with Gasteiger partial charge in [0.25, 0.3) is 0 Å². The molecule has 1 saturated carbocycles. The summed E-state index contributed by atoms with van der Waals surface area (Å²) in [6, 6.07) is 1.52. The van der Waals surface area contributed by atoms with E-state index in [1.807, 2.05) is 0 Å². The molecular formula is C15H22FN3. The fourth-order valence-corrected chi connectivity index (χ4v) is 3.73. The van der Waals surface area contributed by atoms with Gasteiger partial charge in [0.2, 0.25) is 0 Å². The Labute approximate surface area is 114 Å². The highest BCUT2D eigenvalue weighted by atomic mass is 19.1. The molecule has 1 saturated heterocycles. The van der Waals surface area contributed by atoms with E-state index in [9.17, 15) is 4.39 Å². The van der Waals surface area contributed by atoms with Gasteiger partial charge in [-0.15, -0.1) is 0 Å². The Morgan fingerprint density at radius 1 is 1.21 bits per heavy atom. The Morgan fingerprint density at radius 3 is 2.53 bits per heavy atom. The Bertz CT molecular complexity index is 445. The molecule has 1 aliphatic heterocycles. The van der Waals surface area contributed by atoms with Crippen LogP contribution in [0.25, 0.3) is 0 Å². The van der Waals surface area contributed by atoms with E-state index in [4.69, 9.17) is 5.73 Å². The van der Waals surface area contributed by atoms with Crippen molar-refractivity contribution in [2.75, 3.05) is 18.0 Å². The van der Waals surface area contributed by atoms with E-state index in [0.29, 0.717) is 12.0 Å². The van der Waals surface area contributed by atoms with Gasteiger partial charge in [0.15, 0.2) is 0 Å². The number of piperidine rings is 1. The Hall–Kier alpha value is -1.16. The second-order valence-electron chi connectivity index (χ2n) is 6.03. The van der Waals surface area contributed by atoms with Gasteiger partial charge in [-0.1, -0.05) is 12.8 Å². The zero-order valence-electron chi connectivity index (χ0n) is 11.4. The van der Waals surface area contributed by atoms with Crippen LogP contribution >= 0.6 is 0 Å². The average Bonchev–Trinajstić information content (AvgIpc) is 2.88. The molecule has 1 aromatic heterocycles. The molecule has 2 aliphatic rings. The lowest BCUT2D eigenvalue weighted by atomic mass is 9.77. The Morgan fingerprint density at radius 2 is 1.89 bits per heavy atom. The van der Waals surface area contributed by atoms with Crippen molar-refractivity contribution >= 4 is 5.82 Å². The number of nitrogens with two attached hydrogens (primary N) is 1. The van der Waals surface area contributed by atoms with Crippen LogP contribution in [-0.4, -0.2) is 18.1 Å². The van der Waals surface area contributed by atoms with E-state index in [1.54, 1.807) is 0 Å². The summed E-state index contributed by atoms with van der Waals surface area (Å²) in [7, 11) is 0. The molecule has 3 rings (SSSR count). The molecule has 2 N–H and O–H groups in total. The molecule has 0 amide bonds. The largest absolute Gasteiger partial charge is 0.356 e. The highest BCUT2D eigenvalue weighted by Gasteiger charge is 2.37. The summed E-state index contributed by atoms with van der Waals surface area (Å²) in [5.41, 5.74) is 7.13. The molecule has 0 radical (unpaired) electrons. The van der Waals surface area contributed by atoms with Gasteiger partial charge in [-0.05, 0) is 37.2 Å². The first-order valence-electron chi connectivity index (χ1n) is 7.32. The molecule has 0 aromatic carbocycles. The van der Waals surface area contributed by atoms with Crippen molar-refractivity contribution in [3.63, 3.8) is 0 Å². The first kappa shape index (κ1) is 12.9. The highest BCUT2D eigenvalue weighted by molar-refractivity contribution is 5.47. The van der Waals surface area contributed by atoms with E-state index < -0.39 is 0 Å². The lowest BCUT2D eigenvalue weighted by Gasteiger charge is -2.40. The van der Waals surface area contributed by atoms with E-state index in [-0.39, 0.29) is 5.82 Å². The summed E-state index contributed by atoms with van der Waals surface area (Å²) in [5, 5.41) is 0. The fraction of sp³-hybridized carbons (Fsp3) is 0.667. The zero-order chi connectivity index (χ0) is 13.3. The minimum absolute atomic E-state index is 0.298. The van der Waals surface area contributed by atoms with Crippen molar-refractivity contribution in [2.24, 2.45) is 11.1 Å². The van der Waals surface area contributed by atoms with Crippen molar-refractivity contribution in [3.8, 4) is 0 Å². The molecule has 3 nitrogen and oxygen atoms in total. The third-order valence-electron chi connectivity index (χ3n) is 4.92. The SMILES string of the molecule is NCc1cc(F)cnc1N1CCC2(CCCC2)CC1. The van der Waals surface area contributed by atoms with E-state index in [0.717, 1.165) is 24.5 Å². The summed E-state index contributed by atoms with van der Waals surface area (Å²) in [6.45, 7) is 2.42. The third-order valence-corrected chi connectivity index (χ3v) is 4.92. The maximum atomic E-state index is 13.2. The highest BCUT2D eigenvalue weighted by Crippen LogP contribution is 2.46. The summed E-state index contributed by atoms with van der Waals surface area (Å²) in [6.07, 6.45) is 9.36. The number of anilines is 1. The molecule has 104 valence electrons. The van der Waals surface area contributed by atoms with Crippen LogP contribution in [0.5, 0.6) is 0 Å². The van der Waals surface area contributed by atoms with Crippen LogP contribution in [0.3, 0.4) is 0 Å². The summed E-state index contributed by atoms with van der Waals surface area (Å²) in [5.74, 6) is 0.588. The molecule has 19 heavy (non-hydrogen) atoms. The number of halogens is 1. The molecule has 4 heteroatoms. The predicted octanol–water partition coefficient (Wildman–Crippen LogP) is 2.84. The quantitative estimate of drug-likeness (QED) is 0.892. The smallest absolute Gasteiger partial charge is 0.141 e. The van der Waals surface area contributed by atoms with Crippen LogP contribution in [-0.2, 0) is 6.54 Å². The van der Waals surface area contributed by atoms with Gasteiger partial charge in [-0.25, -0.2) is 9.37 Å². The van der Waals surface area contributed by atoms with Gasteiger partial charge >= 0.3 is 0 Å². The van der Waals surface area contributed by atoms with E-state index in [2.05, 4.69) is 9.88 Å². The van der Waals surface area contributed by atoms with Crippen molar-refractivity contribution in [3.05, 3.63) is 23.6 Å². The van der Waals surface area contributed by atoms with Gasteiger partial charge in [0.05, 0.1) is 6.20 Å². The van der Waals surface area contributed by atoms with Crippen LogP contribution in [0.15, 0.2) is 12.3 Å². The second-order valence-corrected chi connectivity index (χ2v) is 6.03. The van der Waals surface area contributed by atoms with Gasteiger partial charge in [0.1, 0.15) is 11.6 Å². The molecule has 0 bridgehead atoms. The van der Waals surface area contributed by atoms with Gasteiger partial charge in [0, 0.05) is 25.2 Å². The van der Waals surface area contributed by atoms with Crippen LogP contribution < -0.4 is 10.6 Å². The molecule has 2 fully saturated rings. The predicted molar refractivity (Wildman–Crippen MR) is 74.4 cm³/mol.